The molecule has 1 aliphatic heterocycles. The summed E-state index contributed by atoms with van der Waals surface area (Å²) in [6.45, 7) is 4.91. The minimum Gasteiger partial charge on any atom is -0.353 e. The van der Waals surface area contributed by atoms with Crippen LogP contribution in [0.3, 0.4) is 0 Å². The molecule has 0 bridgehead atoms. The third-order valence-corrected chi connectivity index (χ3v) is 5.33. The van der Waals surface area contributed by atoms with Crippen molar-refractivity contribution in [2.24, 2.45) is 0 Å². The minimum absolute atomic E-state index is 0.131. The van der Waals surface area contributed by atoms with Crippen LogP contribution in [-0.4, -0.2) is 47.0 Å². The van der Waals surface area contributed by atoms with E-state index in [-0.39, 0.29) is 5.91 Å². The lowest BCUT2D eigenvalue weighted by molar-refractivity contribution is 0.0749. The first-order chi connectivity index (χ1) is 11.7. The van der Waals surface area contributed by atoms with Gasteiger partial charge >= 0.3 is 0 Å². The van der Waals surface area contributed by atoms with Crippen LogP contribution in [0.5, 0.6) is 0 Å². The van der Waals surface area contributed by atoms with Crippen molar-refractivity contribution in [3.63, 3.8) is 0 Å². The summed E-state index contributed by atoms with van der Waals surface area (Å²) in [5.74, 6) is 1.84. The Labute approximate surface area is 144 Å². The van der Waals surface area contributed by atoms with Crippen LogP contribution in [-0.2, 0) is 0 Å². The number of benzene rings is 1. The van der Waals surface area contributed by atoms with Crippen molar-refractivity contribution in [1.29, 1.82) is 0 Å². The number of amides is 1. The molecule has 1 saturated heterocycles. The normalized spacial score (nSPS) is 15.0. The summed E-state index contributed by atoms with van der Waals surface area (Å²) in [5.41, 5.74) is 0.821. The molecule has 5 nitrogen and oxygen atoms in total. The molecule has 122 valence electrons. The summed E-state index contributed by atoms with van der Waals surface area (Å²) in [6.07, 6.45) is 1.78. The first kappa shape index (κ1) is 15.1. The highest BCUT2D eigenvalue weighted by molar-refractivity contribution is 7.17. The van der Waals surface area contributed by atoms with Crippen LogP contribution in [0.15, 0.2) is 41.9 Å². The van der Waals surface area contributed by atoms with Gasteiger partial charge in [-0.25, -0.2) is 9.97 Å². The molecule has 3 heterocycles. The maximum Gasteiger partial charge on any atom is 0.255 e. The molecule has 24 heavy (non-hydrogen) atoms. The Hall–Kier alpha value is -2.47. The van der Waals surface area contributed by atoms with Crippen molar-refractivity contribution in [2.75, 3.05) is 31.1 Å². The molecule has 1 aromatic carbocycles. The second-order valence-electron chi connectivity index (χ2n) is 5.89. The summed E-state index contributed by atoms with van der Waals surface area (Å²) < 4.78 is 1.16. The van der Waals surface area contributed by atoms with Crippen molar-refractivity contribution in [1.82, 2.24) is 14.9 Å². The number of hydrogen-bond acceptors (Lipinski definition) is 5. The third-order valence-electron chi connectivity index (χ3n) is 4.36. The Bertz CT molecular complexity index is 883. The highest BCUT2D eigenvalue weighted by Crippen LogP contribution is 2.27. The summed E-state index contributed by atoms with van der Waals surface area (Å²) in [6, 6.07) is 10.0. The number of fused-ring (bicyclic) bond motifs is 1. The van der Waals surface area contributed by atoms with E-state index in [9.17, 15) is 4.79 Å². The Balaban J connectivity index is 1.48. The molecule has 2 aromatic heterocycles. The lowest BCUT2D eigenvalue weighted by Gasteiger charge is -2.35. The quantitative estimate of drug-likeness (QED) is 0.721. The second kappa shape index (κ2) is 6.20. The van der Waals surface area contributed by atoms with Crippen LogP contribution in [0.4, 0.5) is 5.82 Å². The molecule has 0 radical (unpaired) electrons. The molecule has 1 fully saturated rings. The molecule has 1 amide bonds. The van der Waals surface area contributed by atoms with Gasteiger partial charge in [-0.2, -0.15) is 0 Å². The van der Waals surface area contributed by atoms with E-state index >= 15 is 0 Å². The number of anilines is 1. The van der Waals surface area contributed by atoms with Crippen molar-refractivity contribution < 1.29 is 4.79 Å². The Morgan fingerprint density at radius 3 is 2.71 bits per heavy atom. The summed E-state index contributed by atoms with van der Waals surface area (Å²) in [4.78, 5) is 25.6. The SMILES string of the molecule is Cc1nccc(N2CCN(C(=O)c3csc4ccccc34)CC2)n1. The predicted molar refractivity (Wildman–Crippen MR) is 96.7 cm³/mol. The van der Waals surface area contributed by atoms with Gasteiger partial charge in [0.15, 0.2) is 0 Å². The summed E-state index contributed by atoms with van der Waals surface area (Å²) in [7, 11) is 0. The lowest BCUT2D eigenvalue weighted by Crippen LogP contribution is -2.49. The Morgan fingerprint density at radius 2 is 1.92 bits per heavy atom. The zero-order valence-corrected chi connectivity index (χ0v) is 14.3. The largest absolute Gasteiger partial charge is 0.353 e. The molecule has 4 rings (SSSR count). The van der Waals surface area contributed by atoms with Gasteiger partial charge in [0.25, 0.3) is 5.91 Å². The number of aromatic nitrogens is 2. The average molecular weight is 338 g/mol. The third kappa shape index (κ3) is 2.73. The number of carbonyl (C=O) groups excluding carboxylic acids is 1. The van der Waals surface area contributed by atoms with Crippen LogP contribution < -0.4 is 4.90 Å². The van der Waals surface area contributed by atoms with Gasteiger partial charge in [-0.3, -0.25) is 4.79 Å². The van der Waals surface area contributed by atoms with Gasteiger partial charge in [-0.05, 0) is 19.1 Å². The van der Waals surface area contributed by atoms with E-state index in [2.05, 4.69) is 20.9 Å². The number of piperazine rings is 1. The molecular weight excluding hydrogens is 320 g/mol. The van der Waals surface area contributed by atoms with Crippen LogP contribution >= 0.6 is 11.3 Å². The Morgan fingerprint density at radius 1 is 1.12 bits per heavy atom. The van der Waals surface area contributed by atoms with Crippen molar-refractivity contribution >= 4 is 33.1 Å². The molecule has 0 N–H and O–H groups in total. The highest BCUT2D eigenvalue weighted by Gasteiger charge is 2.24. The number of carbonyl (C=O) groups is 1. The standard InChI is InChI=1S/C18H18N4OS/c1-13-19-7-6-17(20-13)21-8-10-22(11-9-21)18(23)15-12-24-16-5-3-2-4-14(15)16/h2-7,12H,8-11H2,1H3. The molecule has 0 atom stereocenters. The highest BCUT2D eigenvalue weighted by atomic mass is 32.1. The maximum absolute atomic E-state index is 12.9. The number of hydrogen-bond donors (Lipinski definition) is 0. The van der Waals surface area contributed by atoms with E-state index in [0.29, 0.717) is 13.1 Å². The van der Waals surface area contributed by atoms with Gasteiger partial charge in [0, 0.05) is 47.8 Å². The van der Waals surface area contributed by atoms with E-state index in [1.165, 1.54) is 0 Å². The molecule has 1 aliphatic rings. The summed E-state index contributed by atoms with van der Waals surface area (Å²) in [5, 5.41) is 3.04. The smallest absolute Gasteiger partial charge is 0.255 e. The molecular formula is C18H18N4OS. The average Bonchev–Trinajstić information content (AvgIpc) is 3.05. The predicted octanol–water partition coefficient (Wildman–Crippen LogP) is 2.96. The minimum atomic E-state index is 0.131. The Kier molecular flexibility index (Phi) is 3.90. The van der Waals surface area contributed by atoms with E-state index in [1.54, 1.807) is 17.5 Å². The van der Waals surface area contributed by atoms with E-state index in [4.69, 9.17) is 0 Å². The van der Waals surface area contributed by atoms with Gasteiger partial charge in [-0.1, -0.05) is 18.2 Å². The fraction of sp³-hybridized carbons (Fsp3) is 0.278. The van der Waals surface area contributed by atoms with Crippen LogP contribution in [0, 0.1) is 6.92 Å². The van der Waals surface area contributed by atoms with E-state index in [1.807, 2.05) is 41.5 Å². The van der Waals surface area contributed by atoms with Gasteiger partial charge in [0.2, 0.25) is 0 Å². The fourth-order valence-corrected chi connectivity index (χ4v) is 4.01. The monoisotopic (exact) mass is 338 g/mol. The van der Waals surface area contributed by atoms with Crippen molar-refractivity contribution in [3.05, 3.63) is 53.3 Å². The second-order valence-corrected chi connectivity index (χ2v) is 6.80. The lowest BCUT2D eigenvalue weighted by atomic mass is 10.1. The molecule has 6 heteroatoms. The van der Waals surface area contributed by atoms with Crippen molar-refractivity contribution in [3.8, 4) is 0 Å². The van der Waals surface area contributed by atoms with Gasteiger partial charge in [0.1, 0.15) is 11.6 Å². The van der Waals surface area contributed by atoms with Crippen LogP contribution in [0.2, 0.25) is 0 Å². The van der Waals surface area contributed by atoms with Crippen LogP contribution in [0.25, 0.3) is 10.1 Å². The van der Waals surface area contributed by atoms with Gasteiger partial charge < -0.3 is 9.80 Å². The molecule has 0 spiro atoms. The topological polar surface area (TPSA) is 49.3 Å². The molecule has 0 saturated carbocycles. The van der Waals surface area contributed by atoms with E-state index in [0.717, 1.165) is 40.4 Å². The maximum atomic E-state index is 12.9. The number of nitrogens with zero attached hydrogens (tertiary/aromatic N) is 4. The zero-order chi connectivity index (χ0) is 16.5. The first-order valence-electron chi connectivity index (χ1n) is 8.02. The fourth-order valence-electron chi connectivity index (χ4n) is 3.07. The number of aryl methyl sites for hydroxylation is 1. The summed E-state index contributed by atoms with van der Waals surface area (Å²) >= 11 is 1.63. The van der Waals surface area contributed by atoms with E-state index < -0.39 is 0 Å². The van der Waals surface area contributed by atoms with Gasteiger partial charge in [-0.15, -0.1) is 11.3 Å². The van der Waals surface area contributed by atoms with Crippen molar-refractivity contribution in [2.45, 2.75) is 6.92 Å². The number of rotatable bonds is 2. The first-order valence-corrected chi connectivity index (χ1v) is 8.90. The number of thiophene rings is 1. The van der Waals surface area contributed by atoms with Crippen LogP contribution in [0.1, 0.15) is 16.2 Å². The molecule has 0 aliphatic carbocycles. The zero-order valence-electron chi connectivity index (χ0n) is 13.5. The molecule has 3 aromatic rings. The van der Waals surface area contributed by atoms with Gasteiger partial charge in [0.05, 0.1) is 5.56 Å². The molecule has 0 unspecified atom stereocenters.